The molecule has 0 aromatic rings. The van der Waals surface area contributed by atoms with Crippen LogP contribution in [0.1, 0.15) is 39.0 Å². The number of hydrogen-bond acceptors (Lipinski definition) is 1. The van der Waals surface area contributed by atoms with Crippen LogP contribution in [0.25, 0.3) is 0 Å². The molecule has 1 heteroatoms. The summed E-state index contributed by atoms with van der Waals surface area (Å²) in [6, 6.07) is 0.856. The average molecular weight is 167 g/mol. The zero-order chi connectivity index (χ0) is 8.55. The van der Waals surface area contributed by atoms with Gasteiger partial charge in [-0.05, 0) is 50.5 Å². The van der Waals surface area contributed by atoms with Crippen LogP contribution in [0.15, 0.2) is 0 Å². The summed E-state index contributed by atoms with van der Waals surface area (Å²) in [5, 5.41) is 3.53. The molecule has 2 aliphatic rings. The fraction of sp³-hybridized carbons (Fsp3) is 1.00. The number of nitrogens with one attached hydrogen (secondary N) is 1. The molecule has 2 aliphatic carbocycles. The van der Waals surface area contributed by atoms with Crippen LogP contribution in [0.2, 0.25) is 0 Å². The second kappa shape index (κ2) is 3.37. The van der Waals surface area contributed by atoms with Gasteiger partial charge >= 0.3 is 0 Å². The Morgan fingerprint density at radius 2 is 1.75 bits per heavy atom. The van der Waals surface area contributed by atoms with Crippen molar-refractivity contribution in [3.05, 3.63) is 0 Å². The predicted molar refractivity (Wildman–Crippen MR) is 52.1 cm³/mol. The molecule has 1 nitrogen and oxygen atoms in total. The van der Waals surface area contributed by atoms with Crippen molar-refractivity contribution in [3.8, 4) is 0 Å². The summed E-state index contributed by atoms with van der Waals surface area (Å²) >= 11 is 0. The van der Waals surface area contributed by atoms with Gasteiger partial charge in [0.2, 0.25) is 0 Å². The monoisotopic (exact) mass is 167 g/mol. The first kappa shape index (κ1) is 8.55. The Bertz CT molecular complexity index is 151. The fourth-order valence-corrected chi connectivity index (χ4v) is 2.89. The van der Waals surface area contributed by atoms with E-state index in [1.165, 1.54) is 32.1 Å². The van der Waals surface area contributed by atoms with E-state index in [0.717, 1.165) is 23.8 Å². The van der Waals surface area contributed by atoms with Crippen molar-refractivity contribution < 1.29 is 0 Å². The highest BCUT2D eigenvalue weighted by Crippen LogP contribution is 2.42. The molecule has 2 saturated carbocycles. The van der Waals surface area contributed by atoms with Crippen molar-refractivity contribution in [2.45, 2.75) is 45.1 Å². The van der Waals surface area contributed by atoms with Crippen LogP contribution in [-0.4, -0.2) is 13.1 Å². The molecule has 0 aliphatic heterocycles. The van der Waals surface area contributed by atoms with Gasteiger partial charge in [0.25, 0.3) is 0 Å². The van der Waals surface area contributed by atoms with E-state index in [9.17, 15) is 0 Å². The molecule has 0 aromatic heterocycles. The maximum atomic E-state index is 3.53. The molecule has 12 heavy (non-hydrogen) atoms. The van der Waals surface area contributed by atoms with Crippen molar-refractivity contribution >= 4 is 0 Å². The molecule has 1 N–H and O–H groups in total. The highest BCUT2D eigenvalue weighted by Gasteiger charge is 2.37. The molecule has 3 atom stereocenters. The van der Waals surface area contributed by atoms with Gasteiger partial charge in [-0.3, -0.25) is 0 Å². The number of hydrogen-bond donors (Lipinski definition) is 1. The van der Waals surface area contributed by atoms with Gasteiger partial charge < -0.3 is 5.32 Å². The lowest BCUT2D eigenvalue weighted by Crippen LogP contribution is -2.34. The normalized spacial score (nSPS) is 38.5. The molecular weight excluding hydrogens is 146 g/mol. The standard InChI is InChI=1S/C11H21N/c1-8-3-4-10(7-8)11(12-2)9-5-6-9/h8-12H,3-7H2,1-2H3. The molecule has 3 unspecified atom stereocenters. The van der Waals surface area contributed by atoms with Gasteiger partial charge in [0.15, 0.2) is 0 Å². The Labute approximate surface area is 75.9 Å². The van der Waals surface area contributed by atoms with E-state index in [1.807, 2.05) is 0 Å². The van der Waals surface area contributed by atoms with E-state index >= 15 is 0 Å². The van der Waals surface area contributed by atoms with E-state index in [0.29, 0.717) is 0 Å². The second-order valence-corrected chi connectivity index (χ2v) is 4.83. The SMILES string of the molecule is CNC(C1CC1)C1CCC(C)C1. The van der Waals surface area contributed by atoms with E-state index in [-0.39, 0.29) is 0 Å². The highest BCUT2D eigenvalue weighted by atomic mass is 14.9. The Balaban J connectivity index is 1.88. The van der Waals surface area contributed by atoms with Crippen LogP contribution in [0, 0.1) is 17.8 Å². The van der Waals surface area contributed by atoms with Crippen LogP contribution in [0.3, 0.4) is 0 Å². The third kappa shape index (κ3) is 1.66. The first-order valence-corrected chi connectivity index (χ1v) is 5.48. The third-order valence-electron chi connectivity index (χ3n) is 3.71. The van der Waals surface area contributed by atoms with E-state index < -0.39 is 0 Å². The van der Waals surface area contributed by atoms with Gasteiger partial charge in [-0.15, -0.1) is 0 Å². The lowest BCUT2D eigenvalue weighted by Gasteiger charge is -2.22. The summed E-state index contributed by atoms with van der Waals surface area (Å²) in [6.45, 7) is 2.40. The van der Waals surface area contributed by atoms with Gasteiger partial charge in [0, 0.05) is 6.04 Å². The molecule has 0 saturated heterocycles. The molecule has 2 fully saturated rings. The van der Waals surface area contributed by atoms with Crippen molar-refractivity contribution in [2.75, 3.05) is 7.05 Å². The minimum atomic E-state index is 0.856. The highest BCUT2D eigenvalue weighted by molar-refractivity contribution is 4.92. The lowest BCUT2D eigenvalue weighted by atomic mass is 9.93. The largest absolute Gasteiger partial charge is 0.316 e. The third-order valence-corrected chi connectivity index (χ3v) is 3.71. The van der Waals surface area contributed by atoms with Gasteiger partial charge in [-0.25, -0.2) is 0 Å². The van der Waals surface area contributed by atoms with Crippen molar-refractivity contribution in [1.82, 2.24) is 5.32 Å². The summed E-state index contributed by atoms with van der Waals surface area (Å²) in [6.07, 6.45) is 7.38. The zero-order valence-electron chi connectivity index (χ0n) is 8.34. The molecule has 0 radical (unpaired) electrons. The summed E-state index contributed by atoms with van der Waals surface area (Å²) in [4.78, 5) is 0. The molecule has 2 rings (SSSR count). The van der Waals surface area contributed by atoms with Crippen LogP contribution in [0.4, 0.5) is 0 Å². The molecule has 0 aromatic carbocycles. The van der Waals surface area contributed by atoms with Crippen molar-refractivity contribution in [1.29, 1.82) is 0 Å². The fourth-order valence-electron chi connectivity index (χ4n) is 2.89. The Morgan fingerprint density at radius 3 is 2.17 bits per heavy atom. The van der Waals surface area contributed by atoms with Crippen molar-refractivity contribution in [3.63, 3.8) is 0 Å². The quantitative estimate of drug-likeness (QED) is 0.680. The molecule has 0 spiro atoms. The maximum absolute atomic E-state index is 3.53. The van der Waals surface area contributed by atoms with Gasteiger partial charge in [-0.2, -0.15) is 0 Å². The second-order valence-electron chi connectivity index (χ2n) is 4.83. The minimum Gasteiger partial charge on any atom is -0.316 e. The summed E-state index contributed by atoms with van der Waals surface area (Å²) in [7, 11) is 2.14. The molecule has 0 heterocycles. The average Bonchev–Trinajstić information content (AvgIpc) is 2.78. The first-order valence-electron chi connectivity index (χ1n) is 5.48. The van der Waals surface area contributed by atoms with Gasteiger partial charge in [0.1, 0.15) is 0 Å². The zero-order valence-corrected chi connectivity index (χ0v) is 8.34. The van der Waals surface area contributed by atoms with E-state index in [2.05, 4.69) is 19.3 Å². The van der Waals surface area contributed by atoms with Crippen LogP contribution < -0.4 is 5.32 Å². The van der Waals surface area contributed by atoms with Crippen molar-refractivity contribution in [2.24, 2.45) is 17.8 Å². The smallest absolute Gasteiger partial charge is 0.0121 e. The van der Waals surface area contributed by atoms with Crippen LogP contribution in [-0.2, 0) is 0 Å². The van der Waals surface area contributed by atoms with E-state index in [1.54, 1.807) is 0 Å². The van der Waals surface area contributed by atoms with Crippen LogP contribution >= 0.6 is 0 Å². The Hall–Kier alpha value is -0.0400. The molecule has 0 bridgehead atoms. The number of rotatable bonds is 3. The topological polar surface area (TPSA) is 12.0 Å². The van der Waals surface area contributed by atoms with Crippen LogP contribution in [0.5, 0.6) is 0 Å². The lowest BCUT2D eigenvalue weighted by molar-refractivity contribution is 0.336. The summed E-state index contributed by atoms with van der Waals surface area (Å²) < 4.78 is 0. The minimum absolute atomic E-state index is 0.856. The predicted octanol–water partition coefficient (Wildman–Crippen LogP) is 2.42. The first-order chi connectivity index (χ1) is 5.81. The van der Waals surface area contributed by atoms with Gasteiger partial charge in [-0.1, -0.05) is 13.3 Å². The Morgan fingerprint density at radius 1 is 1.08 bits per heavy atom. The summed E-state index contributed by atoms with van der Waals surface area (Å²) in [5.74, 6) is 3.02. The Kier molecular flexibility index (Phi) is 2.40. The van der Waals surface area contributed by atoms with Gasteiger partial charge in [0.05, 0.1) is 0 Å². The maximum Gasteiger partial charge on any atom is 0.0121 e. The molecule has 70 valence electrons. The molecular formula is C11H21N. The summed E-state index contributed by atoms with van der Waals surface area (Å²) in [5.41, 5.74) is 0. The van der Waals surface area contributed by atoms with E-state index in [4.69, 9.17) is 0 Å². The molecule has 0 amide bonds.